The van der Waals surface area contributed by atoms with E-state index in [1.807, 2.05) is 6.07 Å². The number of carbonyl (C=O) groups is 2. The van der Waals surface area contributed by atoms with Crippen molar-refractivity contribution in [3.8, 4) is 0 Å². The van der Waals surface area contributed by atoms with Gasteiger partial charge in [-0.3, -0.25) is 13.9 Å². The molecule has 3 rings (SSSR count). The van der Waals surface area contributed by atoms with Crippen LogP contribution in [-0.2, 0) is 10.8 Å². The van der Waals surface area contributed by atoms with E-state index in [2.05, 4.69) is 39.4 Å². The summed E-state index contributed by atoms with van der Waals surface area (Å²) in [6, 6.07) is 14.6. The van der Waals surface area contributed by atoms with Crippen molar-refractivity contribution in [2.24, 2.45) is 5.73 Å². The van der Waals surface area contributed by atoms with Crippen LogP contribution in [0.4, 0.5) is 16.2 Å². The summed E-state index contributed by atoms with van der Waals surface area (Å²) < 4.78 is 11.8. The first-order chi connectivity index (χ1) is 14.9. The lowest BCUT2D eigenvalue weighted by Crippen LogP contribution is -2.46. The number of rotatable bonds is 9. The van der Waals surface area contributed by atoms with Gasteiger partial charge in [-0.25, -0.2) is 4.79 Å². The van der Waals surface area contributed by atoms with E-state index in [1.54, 1.807) is 18.2 Å². The van der Waals surface area contributed by atoms with Crippen LogP contribution in [0, 0.1) is 0 Å². The zero-order chi connectivity index (χ0) is 22.2. The molecule has 1 aliphatic rings. The fourth-order valence-corrected chi connectivity index (χ4v) is 4.50. The molecule has 3 N–H and O–H groups in total. The van der Waals surface area contributed by atoms with Gasteiger partial charge in [0.1, 0.15) is 0 Å². The molecule has 2 aromatic carbocycles. The van der Waals surface area contributed by atoms with E-state index in [0.29, 0.717) is 22.6 Å². The highest BCUT2D eigenvalue weighted by Gasteiger charge is 2.17. The third-order valence-electron chi connectivity index (χ3n) is 5.49. The molecule has 1 saturated heterocycles. The lowest BCUT2D eigenvalue weighted by atomic mass is 10.0. The molecule has 0 aliphatic carbocycles. The van der Waals surface area contributed by atoms with Gasteiger partial charge >= 0.3 is 6.03 Å². The van der Waals surface area contributed by atoms with Crippen molar-refractivity contribution in [1.82, 2.24) is 4.90 Å². The molecule has 2 aromatic rings. The number of nitrogens with one attached hydrogen (secondary N) is 1. The Morgan fingerprint density at radius 2 is 1.74 bits per heavy atom. The first kappa shape index (κ1) is 23.0. The summed E-state index contributed by atoms with van der Waals surface area (Å²) in [6.07, 6.45) is 3.72. The second-order valence-electron chi connectivity index (χ2n) is 7.70. The lowest BCUT2D eigenvalue weighted by molar-refractivity contribution is 0.0977. The van der Waals surface area contributed by atoms with Gasteiger partial charge in [0.05, 0.1) is 21.4 Å². The molecule has 166 valence electrons. The van der Waals surface area contributed by atoms with Crippen molar-refractivity contribution in [3.63, 3.8) is 0 Å². The fraction of sp³-hybridized carbons (Fsp3) is 0.391. The van der Waals surface area contributed by atoms with Gasteiger partial charge in [0.25, 0.3) is 0 Å². The molecule has 0 saturated carbocycles. The highest BCUT2D eigenvalue weighted by molar-refractivity contribution is 7.84. The number of primary amides is 1. The number of hydrogen-bond donors (Lipinski definition) is 2. The van der Waals surface area contributed by atoms with Crippen molar-refractivity contribution in [1.29, 1.82) is 0 Å². The Labute approximate surface area is 186 Å². The third kappa shape index (κ3) is 6.63. The van der Waals surface area contributed by atoms with E-state index >= 15 is 0 Å². The monoisotopic (exact) mass is 442 g/mol. The van der Waals surface area contributed by atoms with Gasteiger partial charge in [0, 0.05) is 50.1 Å². The molecule has 2 amide bonds. The minimum absolute atomic E-state index is 0.00912. The van der Waals surface area contributed by atoms with Crippen LogP contribution in [-0.4, -0.2) is 59.9 Å². The Balaban J connectivity index is 1.43. The molecule has 0 radical (unpaired) electrons. The number of benzene rings is 2. The number of nitrogens with zero attached hydrogens (tertiary/aromatic N) is 2. The Morgan fingerprint density at radius 1 is 1.03 bits per heavy atom. The van der Waals surface area contributed by atoms with Crippen LogP contribution in [0.5, 0.6) is 0 Å². The summed E-state index contributed by atoms with van der Waals surface area (Å²) in [5.41, 5.74) is 7.29. The van der Waals surface area contributed by atoms with E-state index in [0.717, 1.165) is 45.6 Å². The highest BCUT2D eigenvalue weighted by atomic mass is 32.2. The zero-order valence-corrected chi connectivity index (χ0v) is 18.7. The van der Waals surface area contributed by atoms with Crippen LogP contribution >= 0.6 is 0 Å². The molecular weight excluding hydrogens is 412 g/mol. The predicted molar refractivity (Wildman–Crippen MR) is 125 cm³/mol. The maximum absolute atomic E-state index is 12.6. The summed E-state index contributed by atoms with van der Waals surface area (Å²) in [6.45, 7) is 5.08. The van der Waals surface area contributed by atoms with Crippen LogP contribution in [0.2, 0.25) is 0 Å². The first-order valence-corrected chi connectivity index (χ1v) is 12.1. The maximum Gasteiger partial charge on any atom is 0.316 e. The van der Waals surface area contributed by atoms with E-state index < -0.39 is 16.8 Å². The standard InChI is InChI=1S/C23H30N4O3S/c1-31(30)22-11-10-18(17-20(22)25-23(24)29)21(28)9-5-6-12-26-13-15-27(16-14-26)19-7-3-2-4-8-19/h2-4,7-8,10-11,17H,5-6,9,12-16H2,1H3,(H3,24,25,29). The van der Waals surface area contributed by atoms with Crippen LogP contribution < -0.4 is 16.0 Å². The highest BCUT2D eigenvalue weighted by Crippen LogP contribution is 2.22. The van der Waals surface area contributed by atoms with Crippen molar-refractivity contribution in [2.75, 3.05) is 49.2 Å². The molecule has 1 atom stereocenters. The molecule has 0 spiro atoms. The Bertz CT molecular complexity index is 928. The number of urea groups is 1. The molecule has 1 unspecified atom stereocenters. The number of carbonyl (C=O) groups excluding carboxylic acids is 2. The number of anilines is 2. The molecule has 7 nitrogen and oxygen atoms in total. The molecule has 1 fully saturated rings. The number of ketones is 1. The molecule has 0 bridgehead atoms. The minimum atomic E-state index is -1.29. The number of amides is 2. The van der Waals surface area contributed by atoms with Crippen LogP contribution in [0.25, 0.3) is 0 Å². The van der Waals surface area contributed by atoms with Crippen LogP contribution in [0.1, 0.15) is 29.6 Å². The summed E-state index contributed by atoms with van der Waals surface area (Å²) in [5.74, 6) is 0.00912. The van der Waals surface area contributed by atoms with Gasteiger partial charge in [-0.05, 0) is 43.7 Å². The fourth-order valence-electron chi connectivity index (χ4n) is 3.82. The van der Waals surface area contributed by atoms with Gasteiger partial charge in [0.15, 0.2) is 5.78 Å². The third-order valence-corrected chi connectivity index (χ3v) is 6.47. The summed E-state index contributed by atoms with van der Waals surface area (Å²) in [5, 5.41) is 2.46. The van der Waals surface area contributed by atoms with Gasteiger partial charge in [-0.2, -0.15) is 0 Å². The van der Waals surface area contributed by atoms with Crippen molar-refractivity contribution in [2.45, 2.75) is 24.2 Å². The lowest BCUT2D eigenvalue weighted by Gasteiger charge is -2.36. The quantitative estimate of drug-likeness (QED) is 0.460. The number of hydrogen-bond acceptors (Lipinski definition) is 5. The summed E-state index contributed by atoms with van der Waals surface area (Å²) in [4.78, 5) is 29.1. The molecule has 1 aliphatic heterocycles. The summed E-state index contributed by atoms with van der Waals surface area (Å²) >= 11 is 0. The van der Waals surface area contributed by atoms with Crippen molar-refractivity contribution in [3.05, 3.63) is 54.1 Å². The molecule has 0 aromatic heterocycles. The second kappa shape index (κ2) is 11.1. The molecule has 31 heavy (non-hydrogen) atoms. The van der Waals surface area contributed by atoms with Crippen LogP contribution in [0.3, 0.4) is 0 Å². The van der Waals surface area contributed by atoms with E-state index in [1.165, 1.54) is 11.9 Å². The van der Waals surface area contributed by atoms with E-state index in [-0.39, 0.29) is 5.78 Å². The predicted octanol–water partition coefficient (Wildman–Crippen LogP) is 3.09. The van der Waals surface area contributed by atoms with Crippen molar-refractivity contribution < 1.29 is 13.8 Å². The van der Waals surface area contributed by atoms with Gasteiger partial charge in [0.2, 0.25) is 0 Å². The average Bonchev–Trinajstić information content (AvgIpc) is 2.77. The molecule has 8 heteroatoms. The van der Waals surface area contributed by atoms with E-state index in [9.17, 15) is 13.8 Å². The molecule has 1 heterocycles. The second-order valence-corrected chi connectivity index (χ2v) is 9.05. The first-order valence-electron chi connectivity index (χ1n) is 10.5. The topological polar surface area (TPSA) is 95.7 Å². The largest absolute Gasteiger partial charge is 0.369 e. The number of para-hydroxylation sites is 1. The Kier molecular flexibility index (Phi) is 8.20. The van der Waals surface area contributed by atoms with Gasteiger partial charge < -0.3 is 16.0 Å². The summed E-state index contributed by atoms with van der Waals surface area (Å²) in [7, 11) is -1.29. The normalized spacial score (nSPS) is 15.5. The Morgan fingerprint density at radius 3 is 2.39 bits per heavy atom. The van der Waals surface area contributed by atoms with Gasteiger partial charge in [-0.1, -0.05) is 24.3 Å². The average molecular weight is 443 g/mol. The van der Waals surface area contributed by atoms with Crippen molar-refractivity contribution >= 4 is 34.0 Å². The number of piperazine rings is 1. The van der Waals surface area contributed by atoms with E-state index in [4.69, 9.17) is 5.73 Å². The number of nitrogens with two attached hydrogens (primary N) is 1. The number of unbranched alkanes of at least 4 members (excludes halogenated alkanes) is 1. The molecular formula is C23H30N4O3S. The van der Waals surface area contributed by atoms with Gasteiger partial charge in [-0.15, -0.1) is 0 Å². The zero-order valence-electron chi connectivity index (χ0n) is 17.9. The smallest absolute Gasteiger partial charge is 0.316 e. The number of Topliss-reactive ketones (excluding diaryl/α,β-unsaturated/α-hetero) is 1. The Hall–Kier alpha value is -2.71. The SMILES string of the molecule is CS(=O)c1ccc(C(=O)CCCCN2CCN(c3ccccc3)CC2)cc1NC(N)=O. The maximum atomic E-state index is 12.6. The minimum Gasteiger partial charge on any atom is -0.369 e. The van der Waals surface area contributed by atoms with Crippen LogP contribution in [0.15, 0.2) is 53.4 Å².